The van der Waals surface area contributed by atoms with Crippen molar-refractivity contribution in [2.24, 2.45) is 0 Å². The van der Waals surface area contributed by atoms with Crippen molar-refractivity contribution in [2.75, 3.05) is 25.0 Å². The maximum absolute atomic E-state index is 13.3. The Balaban J connectivity index is 1.67. The van der Waals surface area contributed by atoms with Crippen LogP contribution in [0, 0.1) is 6.92 Å². The van der Waals surface area contributed by atoms with Gasteiger partial charge in [-0.25, -0.2) is 8.42 Å². The van der Waals surface area contributed by atoms with E-state index >= 15 is 0 Å². The van der Waals surface area contributed by atoms with E-state index in [9.17, 15) is 13.2 Å². The molecule has 0 unspecified atom stereocenters. The second-order valence-corrected chi connectivity index (χ2v) is 9.78. The number of anilines is 1. The Labute approximate surface area is 178 Å². The van der Waals surface area contributed by atoms with Crippen molar-refractivity contribution in [3.63, 3.8) is 0 Å². The summed E-state index contributed by atoms with van der Waals surface area (Å²) in [6.07, 6.45) is 2.81. The molecule has 0 bridgehead atoms. The number of hydrogen-bond acceptors (Lipinski definition) is 3. The number of carbonyl (C=O) groups excluding carboxylic acids is 1. The molecule has 0 spiro atoms. The van der Waals surface area contributed by atoms with Crippen LogP contribution >= 0.6 is 0 Å². The first-order chi connectivity index (χ1) is 14.4. The van der Waals surface area contributed by atoms with Gasteiger partial charge in [-0.05, 0) is 60.4 Å². The summed E-state index contributed by atoms with van der Waals surface area (Å²) >= 11 is 0. The fraction of sp³-hybridized carbons (Fsp3) is 0.292. The highest BCUT2D eigenvalue weighted by molar-refractivity contribution is 7.89. The van der Waals surface area contributed by atoms with E-state index in [0.717, 1.165) is 41.3 Å². The molecule has 3 aromatic rings. The molecule has 30 heavy (non-hydrogen) atoms. The molecule has 4 rings (SSSR count). The normalized spacial score (nSPS) is 15.3. The van der Waals surface area contributed by atoms with Crippen LogP contribution in [0.25, 0.3) is 10.8 Å². The van der Waals surface area contributed by atoms with E-state index in [1.54, 1.807) is 24.1 Å². The molecule has 3 aromatic carbocycles. The smallest absolute Gasteiger partial charge is 0.258 e. The Hall–Kier alpha value is -2.70. The van der Waals surface area contributed by atoms with E-state index in [0.29, 0.717) is 18.7 Å². The highest BCUT2D eigenvalue weighted by Crippen LogP contribution is 2.26. The van der Waals surface area contributed by atoms with E-state index < -0.39 is 10.0 Å². The van der Waals surface area contributed by atoms with E-state index in [1.165, 1.54) is 10.4 Å². The molecule has 0 atom stereocenters. The van der Waals surface area contributed by atoms with Crippen LogP contribution in [0.15, 0.2) is 65.6 Å². The molecule has 1 fully saturated rings. The predicted octanol–water partition coefficient (Wildman–Crippen LogP) is 4.60. The van der Waals surface area contributed by atoms with E-state index in [4.69, 9.17) is 0 Å². The molecule has 156 valence electrons. The topological polar surface area (TPSA) is 57.7 Å². The Morgan fingerprint density at radius 2 is 1.60 bits per heavy atom. The Morgan fingerprint density at radius 3 is 2.33 bits per heavy atom. The molecule has 6 heteroatoms. The number of benzene rings is 3. The number of sulfonamides is 1. The summed E-state index contributed by atoms with van der Waals surface area (Å²) in [6.45, 7) is 2.91. The third-order valence-electron chi connectivity index (χ3n) is 5.82. The van der Waals surface area contributed by atoms with Crippen LogP contribution in [-0.4, -0.2) is 38.8 Å². The molecule has 0 aromatic heterocycles. The van der Waals surface area contributed by atoms with Gasteiger partial charge in [-0.1, -0.05) is 42.8 Å². The molecule has 1 aliphatic heterocycles. The van der Waals surface area contributed by atoms with Crippen molar-refractivity contribution in [3.8, 4) is 0 Å². The van der Waals surface area contributed by atoms with Gasteiger partial charge < -0.3 is 4.90 Å². The van der Waals surface area contributed by atoms with Crippen molar-refractivity contribution >= 4 is 32.4 Å². The van der Waals surface area contributed by atoms with Gasteiger partial charge in [0.25, 0.3) is 5.91 Å². The Bertz CT molecular complexity index is 1200. The second kappa shape index (κ2) is 8.20. The zero-order valence-corrected chi connectivity index (χ0v) is 18.2. The van der Waals surface area contributed by atoms with Crippen LogP contribution < -0.4 is 4.90 Å². The quantitative estimate of drug-likeness (QED) is 0.617. The molecule has 0 aliphatic carbocycles. The number of rotatable bonds is 4. The van der Waals surface area contributed by atoms with E-state index in [1.807, 2.05) is 49.4 Å². The summed E-state index contributed by atoms with van der Waals surface area (Å²) in [7, 11) is -1.87. The summed E-state index contributed by atoms with van der Waals surface area (Å²) in [5, 5.41) is 2.15. The van der Waals surface area contributed by atoms with Crippen LogP contribution in [-0.2, 0) is 10.0 Å². The number of hydrogen-bond donors (Lipinski definition) is 0. The van der Waals surface area contributed by atoms with Gasteiger partial charge in [-0.2, -0.15) is 4.31 Å². The zero-order valence-electron chi connectivity index (χ0n) is 17.3. The summed E-state index contributed by atoms with van der Waals surface area (Å²) in [5.74, 6) is -0.224. The van der Waals surface area contributed by atoms with Gasteiger partial charge in [0.2, 0.25) is 10.0 Å². The van der Waals surface area contributed by atoms with Gasteiger partial charge in [-0.15, -0.1) is 0 Å². The van der Waals surface area contributed by atoms with Crippen LogP contribution in [0.3, 0.4) is 0 Å². The van der Waals surface area contributed by atoms with Gasteiger partial charge in [0, 0.05) is 31.4 Å². The van der Waals surface area contributed by atoms with Crippen LogP contribution in [0.4, 0.5) is 5.69 Å². The summed E-state index contributed by atoms with van der Waals surface area (Å²) < 4.78 is 27.7. The molecule has 0 saturated carbocycles. The lowest BCUT2D eigenvalue weighted by Crippen LogP contribution is -2.35. The number of carbonyl (C=O) groups is 1. The molecule has 1 heterocycles. The molecule has 1 amide bonds. The van der Waals surface area contributed by atoms with Gasteiger partial charge in [0.1, 0.15) is 0 Å². The number of aryl methyl sites for hydroxylation is 1. The van der Waals surface area contributed by atoms with Gasteiger partial charge in [0.05, 0.1) is 4.90 Å². The van der Waals surface area contributed by atoms with Crippen LogP contribution in [0.2, 0.25) is 0 Å². The maximum Gasteiger partial charge on any atom is 0.258 e. The van der Waals surface area contributed by atoms with Crippen molar-refractivity contribution in [1.29, 1.82) is 0 Å². The standard InChI is InChI=1S/C24H26N2O3S/c1-18-10-13-22(30(28,29)26-14-6-3-7-15-26)17-23(18)24(27)25(2)21-12-11-19-8-4-5-9-20(19)16-21/h4-5,8-13,16-17H,3,6-7,14-15H2,1-2H3. The lowest BCUT2D eigenvalue weighted by Gasteiger charge is -2.26. The number of piperidine rings is 1. The average molecular weight is 423 g/mol. The first kappa shape index (κ1) is 20.6. The summed E-state index contributed by atoms with van der Waals surface area (Å²) in [4.78, 5) is 15.0. The molecular weight excluding hydrogens is 396 g/mol. The number of amides is 1. The van der Waals surface area contributed by atoms with Crippen molar-refractivity contribution in [2.45, 2.75) is 31.1 Å². The van der Waals surface area contributed by atoms with E-state index in [-0.39, 0.29) is 10.8 Å². The second-order valence-electron chi connectivity index (χ2n) is 7.84. The third-order valence-corrected chi connectivity index (χ3v) is 7.71. The predicted molar refractivity (Wildman–Crippen MR) is 120 cm³/mol. The third kappa shape index (κ3) is 3.85. The number of fused-ring (bicyclic) bond motifs is 1. The first-order valence-corrected chi connectivity index (χ1v) is 11.7. The average Bonchev–Trinajstić information content (AvgIpc) is 2.78. The largest absolute Gasteiger partial charge is 0.311 e. The SMILES string of the molecule is Cc1ccc(S(=O)(=O)N2CCCCC2)cc1C(=O)N(C)c1ccc2ccccc2c1. The molecule has 0 radical (unpaired) electrons. The monoisotopic (exact) mass is 422 g/mol. The lowest BCUT2D eigenvalue weighted by molar-refractivity contribution is 0.0992. The highest BCUT2D eigenvalue weighted by atomic mass is 32.2. The van der Waals surface area contributed by atoms with Gasteiger partial charge in [-0.3, -0.25) is 4.79 Å². The molecule has 1 aliphatic rings. The van der Waals surface area contributed by atoms with Crippen LogP contribution in [0.1, 0.15) is 35.2 Å². The van der Waals surface area contributed by atoms with Crippen molar-refractivity contribution in [3.05, 3.63) is 71.8 Å². The van der Waals surface area contributed by atoms with Gasteiger partial charge >= 0.3 is 0 Å². The maximum atomic E-state index is 13.3. The van der Waals surface area contributed by atoms with Crippen molar-refractivity contribution < 1.29 is 13.2 Å². The van der Waals surface area contributed by atoms with E-state index in [2.05, 4.69) is 0 Å². The highest BCUT2D eigenvalue weighted by Gasteiger charge is 2.27. The zero-order chi connectivity index (χ0) is 21.3. The van der Waals surface area contributed by atoms with Crippen LogP contribution in [0.5, 0.6) is 0 Å². The minimum Gasteiger partial charge on any atom is -0.311 e. The molecule has 1 saturated heterocycles. The molecule has 5 nitrogen and oxygen atoms in total. The Kier molecular flexibility index (Phi) is 5.62. The minimum absolute atomic E-state index is 0.185. The summed E-state index contributed by atoms with van der Waals surface area (Å²) in [5.41, 5.74) is 1.93. The van der Waals surface area contributed by atoms with Gasteiger partial charge in [0.15, 0.2) is 0 Å². The fourth-order valence-corrected chi connectivity index (χ4v) is 5.47. The fourth-order valence-electron chi connectivity index (χ4n) is 3.93. The lowest BCUT2D eigenvalue weighted by atomic mass is 10.1. The van der Waals surface area contributed by atoms with Crippen molar-refractivity contribution in [1.82, 2.24) is 4.31 Å². The Morgan fingerprint density at radius 1 is 0.900 bits per heavy atom. The number of nitrogens with zero attached hydrogens (tertiary/aromatic N) is 2. The molecular formula is C24H26N2O3S. The molecule has 0 N–H and O–H groups in total. The summed E-state index contributed by atoms with van der Waals surface area (Å²) in [6, 6.07) is 18.7. The minimum atomic E-state index is -3.59. The first-order valence-electron chi connectivity index (χ1n) is 10.3.